The normalized spacial score (nSPS) is 11.2. The van der Waals surface area contributed by atoms with Gasteiger partial charge in [-0.05, 0) is 54.8 Å². The van der Waals surface area contributed by atoms with Crippen LogP contribution in [0.25, 0.3) is 16.7 Å². The van der Waals surface area contributed by atoms with Crippen molar-refractivity contribution in [3.05, 3.63) is 58.4 Å². The molecule has 0 unspecified atom stereocenters. The summed E-state index contributed by atoms with van der Waals surface area (Å²) < 4.78 is 2.08. The molecule has 2 nitrogen and oxygen atoms in total. The molecule has 0 aliphatic rings. The molecule has 0 N–H and O–H groups in total. The number of alkyl halides is 1. The number of hydrogen-bond acceptors (Lipinski definition) is 1. The summed E-state index contributed by atoms with van der Waals surface area (Å²) in [6, 6.07) is 10.4. The van der Waals surface area contributed by atoms with Crippen molar-refractivity contribution < 1.29 is 0 Å². The molecule has 0 saturated carbocycles. The quantitative estimate of drug-likeness (QED) is 0.582. The number of fused-ring (bicyclic) bond motifs is 1. The van der Waals surface area contributed by atoms with E-state index in [9.17, 15) is 0 Å². The Balaban J connectivity index is 2.19. The summed E-state index contributed by atoms with van der Waals surface area (Å²) in [4.78, 5) is 4.48. The Kier molecular flexibility index (Phi) is 3.57. The molecule has 1 heterocycles. The Hall–Kier alpha value is -1.32. The Morgan fingerprint density at radius 3 is 2.60 bits per heavy atom. The first-order valence-corrected chi connectivity index (χ1v) is 7.89. The summed E-state index contributed by atoms with van der Waals surface area (Å²) in [5, 5.41) is 1.53. The summed E-state index contributed by atoms with van der Waals surface area (Å²) in [6.07, 6.45) is 1.85. The lowest BCUT2D eigenvalue weighted by molar-refractivity contribution is 1.09. The Morgan fingerprint density at radius 2 is 1.90 bits per heavy atom. The predicted molar refractivity (Wildman–Crippen MR) is 88.2 cm³/mol. The first-order valence-electron chi connectivity index (χ1n) is 6.39. The van der Waals surface area contributed by atoms with E-state index in [4.69, 9.17) is 11.6 Å². The van der Waals surface area contributed by atoms with E-state index in [0.29, 0.717) is 0 Å². The van der Waals surface area contributed by atoms with E-state index in [1.165, 1.54) is 11.1 Å². The summed E-state index contributed by atoms with van der Waals surface area (Å²) in [5.74, 6) is 0. The molecule has 0 fully saturated rings. The van der Waals surface area contributed by atoms with Crippen molar-refractivity contribution in [3.8, 4) is 5.69 Å². The molecule has 4 heteroatoms. The zero-order chi connectivity index (χ0) is 14.3. The lowest BCUT2D eigenvalue weighted by atomic mass is 10.1. The minimum atomic E-state index is 0.759. The van der Waals surface area contributed by atoms with Crippen molar-refractivity contribution in [2.75, 3.05) is 0 Å². The van der Waals surface area contributed by atoms with Gasteiger partial charge >= 0.3 is 0 Å². The topological polar surface area (TPSA) is 17.8 Å². The molecule has 0 aliphatic heterocycles. The average molecular weight is 350 g/mol. The maximum atomic E-state index is 6.29. The highest BCUT2D eigenvalue weighted by Crippen LogP contribution is 2.26. The molecule has 2 aromatic carbocycles. The van der Waals surface area contributed by atoms with Gasteiger partial charge in [0.25, 0.3) is 0 Å². The number of halogens is 2. The zero-order valence-corrected chi connectivity index (χ0v) is 13.7. The number of hydrogen-bond donors (Lipinski definition) is 0. The van der Waals surface area contributed by atoms with E-state index in [0.717, 1.165) is 32.6 Å². The van der Waals surface area contributed by atoms with Crippen molar-refractivity contribution in [1.82, 2.24) is 9.55 Å². The summed E-state index contributed by atoms with van der Waals surface area (Å²) in [7, 11) is 0. The number of rotatable bonds is 2. The Labute approximate surface area is 131 Å². The van der Waals surface area contributed by atoms with Gasteiger partial charge in [0.05, 0.1) is 11.0 Å². The number of aryl methyl sites for hydroxylation is 2. The number of benzene rings is 2. The SMILES string of the molecule is Cc1cc2ncn(-c3ccc(CBr)c(Cl)c3)c2cc1C. The van der Waals surface area contributed by atoms with Gasteiger partial charge < -0.3 is 0 Å². The second-order valence-electron chi connectivity index (χ2n) is 4.95. The molecule has 0 saturated heterocycles. The fourth-order valence-corrected chi connectivity index (χ4v) is 3.16. The molecule has 0 aliphatic carbocycles. The highest BCUT2D eigenvalue weighted by atomic mass is 79.9. The van der Waals surface area contributed by atoms with E-state index < -0.39 is 0 Å². The van der Waals surface area contributed by atoms with Crippen molar-refractivity contribution in [1.29, 1.82) is 0 Å². The van der Waals surface area contributed by atoms with Gasteiger partial charge in [-0.2, -0.15) is 0 Å². The predicted octanol–water partition coefficient (Wildman–Crippen LogP) is 5.19. The molecule has 0 atom stereocenters. The van der Waals surface area contributed by atoms with Crippen molar-refractivity contribution in [2.24, 2.45) is 0 Å². The molecule has 0 spiro atoms. The number of nitrogens with zero attached hydrogens (tertiary/aromatic N) is 2. The lowest BCUT2D eigenvalue weighted by Gasteiger charge is -2.08. The van der Waals surface area contributed by atoms with E-state index in [1.807, 2.05) is 18.5 Å². The fourth-order valence-electron chi connectivity index (χ4n) is 2.26. The highest BCUT2D eigenvalue weighted by Gasteiger charge is 2.08. The molecular weight excluding hydrogens is 336 g/mol. The molecule has 0 radical (unpaired) electrons. The maximum Gasteiger partial charge on any atom is 0.100 e. The van der Waals surface area contributed by atoms with Crippen LogP contribution in [0.1, 0.15) is 16.7 Å². The van der Waals surface area contributed by atoms with E-state index in [-0.39, 0.29) is 0 Å². The van der Waals surface area contributed by atoms with E-state index in [2.05, 4.69) is 57.5 Å². The van der Waals surface area contributed by atoms with Gasteiger partial charge in [0.1, 0.15) is 6.33 Å². The minimum Gasteiger partial charge on any atom is -0.299 e. The van der Waals surface area contributed by atoms with Gasteiger partial charge in [-0.3, -0.25) is 4.57 Å². The van der Waals surface area contributed by atoms with Crippen LogP contribution in [-0.4, -0.2) is 9.55 Å². The molecule has 3 rings (SSSR count). The molecule has 3 aromatic rings. The second-order valence-corrected chi connectivity index (χ2v) is 5.92. The molecule has 0 bridgehead atoms. The number of aromatic nitrogens is 2. The first-order chi connectivity index (χ1) is 9.60. The van der Waals surface area contributed by atoms with Crippen LogP contribution in [0, 0.1) is 13.8 Å². The number of imidazole rings is 1. The van der Waals surface area contributed by atoms with Crippen LogP contribution < -0.4 is 0 Å². The molecule has 0 amide bonds. The van der Waals surface area contributed by atoms with Gasteiger partial charge in [0.2, 0.25) is 0 Å². The first kappa shape index (κ1) is 13.7. The van der Waals surface area contributed by atoms with Gasteiger partial charge in [-0.1, -0.05) is 33.6 Å². The van der Waals surface area contributed by atoms with Gasteiger partial charge in [-0.15, -0.1) is 0 Å². The van der Waals surface area contributed by atoms with E-state index >= 15 is 0 Å². The van der Waals surface area contributed by atoms with Crippen LogP contribution in [0.2, 0.25) is 5.02 Å². The van der Waals surface area contributed by atoms with Crippen LogP contribution in [-0.2, 0) is 5.33 Å². The smallest absolute Gasteiger partial charge is 0.100 e. The zero-order valence-electron chi connectivity index (χ0n) is 11.3. The Bertz CT molecular complexity index is 793. The van der Waals surface area contributed by atoms with Crippen LogP contribution >= 0.6 is 27.5 Å². The molecule has 102 valence electrons. The van der Waals surface area contributed by atoms with Gasteiger partial charge in [0.15, 0.2) is 0 Å². The monoisotopic (exact) mass is 348 g/mol. The van der Waals surface area contributed by atoms with E-state index in [1.54, 1.807) is 0 Å². The highest BCUT2D eigenvalue weighted by molar-refractivity contribution is 9.08. The van der Waals surface area contributed by atoms with Gasteiger partial charge in [0, 0.05) is 16.0 Å². The second kappa shape index (κ2) is 5.23. The minimum absolute atomic E-state index is 0.759. The maximum absolute atomic E-state index is 6.29. The third kappa shape index (κ3) is 2.25. The van der Waals surface area contributed by atoms with Crippen molar-refractivity contribution in [2.45, 2.75) is 19.2 Å². The van der Waals surface area contributed by atoms with Gasteiger partial charge in [-0.25, -0.2) is 4.98 Å². The standard InChI is InChI=1S/C16H14BrClN2/c1-10-5-15-16(6-11(10)2)20(9-19-15)13-4-3-12(8-17)14(18)7-13/h3-7,9H,8H2,1-2H3. The molecule has 20 heavy (non-hydrogen) atoms. The van der Waals surface area contributed by atoms with Crippen LogP contribution in [0.5, 0.6) is 0 Å². The van der Waals surface area contributed by atoms with Crippen LogP contribution in [0.3, 0.4) is 0 Å². The van der Waals surface area contributed by atoms with Crippen molar-refractivity contribution in [3.63, 3.8) is 0 Å². The third-order valence-electron chi connectivity index (χ3n) is 3.62. The molecule has 1 aromatic heterocycles. The Morgan fingerprint density at radius 1 is 1.15 bits per heavy atom. The fraction of sp³-hybridized carbons (Fsp3) is 0.188. The van der Waals surface area contributed by atoms with Crippen molar-refractivity contribution >= 4 is 38.6 Å². The lowest BCUT2D eigenvalue weighted by Crippen LogP contribution is -1.94. The summed E-state index contributed by atoms with van der Waals surface area (Å²) in [5.41, 5.74) is 6.76. The summed E-state index contributed by atoms with van der Waals surface area (Å²) in [6.45, 7) is 4.22. The largest absolute Gasteiger partial charge is 0.299 e. The molecular formula is C16H14BrClN2. The average Bonchev–Trinajstić information content (AvgIpc) is 2.82. The van der Waals surface area contributed by atoms with Crippen LogP contribution in [0.15, 0.2) is 36.7 Å². The van der Waals surface area contributed by atoms with Crippen LogP contribution in [0.4, 0.5) is 0 Å². The summed E-state index contributed by atoms with van der Waals surface area (Å²) >= 11 is 9.73. The third-order valence-corrected chi connectivity index (χ3v) is 4.58.